The third-order valence-electron chi connectivity index (χ3n) is 1.72. The molecule has 0 fully saturated rings. The van der Waals surface area contributed by atoms with Crippen LogP contribution in [-0.2, 0) is 0 Å². The maximum atomic E-state index is 9.93. The molecule has 3 nitrogen and oxygen atoms in total. The van der Waals surface area contributed by atoms with E-state index in [1.807, 2.05) is 0 Å². The monoisotopic (exact) mass is 237 g/mol. The van der Waals surface area contributed by atoms with Crippen molar-refractivity contribution >= 4 is 15.9 Å². The largest absolute Gasteiger partial charge is 0.265 e. The summed E-state index contributed by atoms with van der Waals surface area (Å²) in [7, 11) is 0. The Kier molecular flexibility index (Phi) is 8.88. The molecule has 0 aliphatic heterocycles. The lowest BCUT2D eigenvalue weighted by atomic mass is 10.1. The van der Waals surface area contributed by atoms with Crippen LogP contribution in [0.1, 0.15) is 38.5 Å². The topological polar surface area (TPSA) is 43.1 Å². The van der Waals surface area contributed by atoms with E-state index in [0.717, 1.165) is 24.6 Å². The second-order valence-corrected chi connectivity index (χ2v) is 3.66. The molecule has 0 heterocycles. The van der Waals surface area contributed by atoms with Crippen molar-refractivity contribution in [3.63, 3.8) is 0 Å². The average molecular weight is 238 g/mol. The average Bonchev–Trinajstić information content (AvgIpc) is 2.02. The van der Waals surface area contributed by atoms with Crippen LogP contribution in [0.3, 0.4) is 0 Å². The first-order valence-electron chi connectivity index (χ1n) is 4.45. The van der Waals surface area contributed by atoms with Gasteiger partial charge >= 0.3 is 0 Å². The van der Waals surface area contributed by atoms with Crippen molar-refractivity contribution in [2.24, 2.45) is 0 Å². The van der Waals surface area contributed by atoms with Crippen LogP contribution in [0.5, 0.6) is 0 Å². The molecule has 0 aliphatic rings. The van der Waals surface area contributed by atoms with Gasteiger partial charge in [0.2, 0.25) is 6.54 Å². The van der Waals surface area contributed by atoms with E-state index in [1.165, 1.54) is 19.3 Å². The lowest BCUT2D eigenvalue weighted by molar-refractivity contribution is -0.480. The molecule has 0 aromatic carbocycles. The number of hydrogen-bond acceptors (Lipinski definition) is 2. The van der Waals surface area contributed by atoms with E-state index in [2.05, 4.69) is 15.9 Å². The van der Waals surface area contributed by atoms with Gasteiger partial charge < -0.3 is 0 Å². The normalized spacial score (nSPS) is 10.1. The van der Waals surface area contributed by atoms with Gasteiger partial charge in [0, 0.05) is 16.7 Å². The summed E-state index contributed by atoms with van der Waals surface area (Å²) in [5.41, 5.74) is 0. The molecule has 0 rings (SSSR count). The minimum atomic E-state index is -0.238. The second-order valence-electron chi connectivity index (χ2n) is 2.87. The van der Waals surface area contributed by atoms with Crippen LogP contribution in [-0.4, -0.2) is 16.8 Å². The summed E-state index contributed by atoms with van der Waals surface area (Å²) < 4.78 is 0. The molecule has 0 bridgehead atoms. The van der Waals surface area contributed by atoms with Crippen LogP contribution in [0.4, 0.5) is 0 Å². The van der Waals surface area contributed by atoms with Gasteiger partial charge in [-0.05, 0) is 12.8 Å². The van der Waals surface area contributed by atoms with Crippen molar-refractivity contribution in [2.45, 2.75) is 38.5 Å². The fraction of sp³-hybridized carbons (Fsp3) is 1.00. The van der Waals surface area contributed by atoms with Crippen LogP contribution in [0.25, 0.3) is 0 Å². The Morgan fingerprint density at radius 2 is 1.50 bits per heavy atom. The van der Waals surface area contributed by atoms with E-state index in [1.54, 1.807) is 0 Å². The van der Waals surface area contributed by atoms with Gasteiger partial charge in [-0.25, -0.2) is 0 Å². The lowest BCUT2D eigenvalue weighted by Crippen LogP contribution is -1.99. The fourth-order valence-corrected chi connectivity index (χ4v) is 1.44. The van der Waals surface area contributed by atoms with Crippen LogP contribution >= 0.6 is 15.9 Å². The zero-order valence-electron chi connectivity index (χ0n) is 7.30. The van der Waals surface area contributed by atoms with Gasteiger partial charge in [0.1, 0.15) is 0 Å². The number of nitrogens with zero attached hydrogens (tertiary/aromatic N) is 1. The molecule has 0 N–H and O–H groups in total. The molecule has 0 radical (unpaired) electrons. The molecule has 0 spiro atoms. The maximum Gasteiger partial charge on any atom is 0.203 e. The highest BCUT2D eigenvalue weighted by Gasteiger charge is 1.96. The smallest absolute Gasteiger partial charge is 0.203 e. The van der Waals surface area contributed by atoms with E-state index in [4.69, 9.17) is 0 Å². The van der Waals surface area contributed by atoms with E-state index in [9.17, 15) is 10.1 Å². The molecule has 0 unspecified atom stereocenters. The Morgan fingerprint density at radius 3 is 2.00 bits per heavy atom. The molecule has 0 amide bonds. The molecular weight excluding hydrogens is 222 g/mol. The van der Waals surface area contributed by atoms with Crippen molar-refractivity contribution in [1.29, 1.82) is 0 Å². The number of hydrogen-bond donors (Lipinski definition) is 0. The van der Waals surface area contributed by atoms with Crippen LogP contribution in [0.15, 0.2) is 0 Å². The Labute approximate surface area is 81.8 Å². The van der Waals surface area contributed by atoms with E-state index >= 15 is 0 Å². The molecule has 12 heavy (non-hydrogen) atoms. The van der Waals surface area contributed by atoms with Gasteiger partial charge in [0.05, 0.1) is 0 Å². The van der Waals surface area contributed by atoms with Gasteiger partial charge in [-0.15, -0.1) is 0 Å². The molecule has 0 atom stereocenters. The summed E-state index contributed by atoms with van der Waals surface area (Å²) in [6.45, 7) is 0.137. The maximum absolute atomic E-state index is 9.93. The summed E-state index contributed by atoms with van der Waals surface area (Å²) in [5, 5.41) is 11.0. The molecule has 0 aliphatic carbocycles. The van der Waals surface area contributed by atoms with Gasteiger partial charge in [-0.3, -0.25) is 10.1 Å². The molecule has 0 aromatic rings. The highest BCUT2D eigenvalue weighted by molar-refractivity contribution is 9.09. The molecular formula is C8H16BrNO2. The summed E-state index contributed by atoms with van der Waals surface area (Å²) in [6, 6.07) is 0. The van der Waals surface area contributed by atoms with E-state index in [0.29, 0.717) is 0 Å². The summed E-state index contributed by atoms with van der Waals surface area (Å²) in [4.78, 5) is 9.70. The molecule has 72 valence electrons. The Bertz CT molecular complexity index is 120. The molecule has 0 saturated carbocycles. The minimum absolute atomic E-state index is 0.137. The van der Waals surface area contributed by atoms with E-state index < -0.39 is 0 Å². The first kappa shape index (κ1) is 11.9. The zero-order valence-corrected chi connectivity index (χ0v) is 8.88. The van der Waals surface area contributed by atoms with Gasteiger partial charge in [0.15, 0.2) is 0 Å². The predicted molar refractivity (Wildman–Crippen MR) is 53.4 cm³/mol. The standard InChI is InChI=1S/C8H16BrNO2/c9-7-5-3-1-2-4-6-8-10(11)12/h1-8H2. The van der Waals surface area contributed by atoms with Crippen molar-refractivity contribution in [1.82, 2.24) is 0 Å². The van der Waals surface area contributed by atoms with Crippen LogP contribution in [0, 0.1) is 10.1 Å². The number of rotatable bonds is 8. The second kappa shape index (κ2) is 8.97. The van der Waals surface area contributed by atoms with E-state index in [-0.39, 0.29) is 11.5 Å². The molecule has 0 saturated heterocycles. The van der Waals surface area contributed by atoms with Crippen molar-refractivity contribution in [3.8, 4) is 0 Å². The Balaban J connectivity index is 2.86. The van der Waals surface area contributed by atoms with Crippen molar-refractivity contribution in [3.05, 3.63) is 10.1 Å². The highest BCUT2D eigenvalue weighted by atomic mass is 79.9. The first-order valence-corrected chi connectivity index (χ1v) is 5.57. The third kappa shape index (κ3) is 9.88. The van der Waals surface area contributed by atoms with Crippen LogP contribution < -0.4 is 0 Å². The zero-order chi connectivity index (χ0) is 9.23. The molecule has 4 heteroatoms. The van der Waals surface area contributed by atoms with Gasteiger partial charge in [-0.2, -0.15) is 0 Å². The number of halogens is 1. The Hall–Kier alpha value is -0.120. The number of unbranched alkanes of at least 4 members (excludes halogenated alkanes) is 5. The Morgan fingerprint density at radius 1 is 1.00 bits per heavy atom. The summed E-state index contributed by atoms with van der Waals surface area (Å²) in [5.74, 6) is 0. The summed E-state index contributed by atoms with van der Waals surface area (Å²) >= 11 is 3.36. The third-order valence-corrected chi connectivity index (χ3v) is 2.29. The highest BCUT2D eigenvalue weighted by Crippen LogP contribution is 2.06. The lowest BCUT2D eigenvalue weighted by Gasteiger charge is -1.97. The van der Waals surface area contributed by atoms with Gasteiger partial charge in [-0.1, -0.05) is 35.2 Å². The van der Waals surface area contributed by atoms with Crippen LogP contribution in [0.2, 0.25) is 0 Å². The van der Waals surface area contributed by atoms with Crippen molar-refractivity contribution in [2.75, 3.05) is 11.9 Å². The first-order chi connectivity index (χ1) is 5.77. The SMILES string of the molecule is O=[N+]([O-])CCCCCCCCBr. The minimum Gasteiger partial charge on any atom is -0.265 e. The fourth-order valence-electron chi connectivity index (χ4n) is 1.04. The van der Waals surface area contributed by atoms with Gasteiger partial charge in [0.25, 0.3) is 0 Å². The van der Waals surface area contributed by atoms with Crippen molar-refractivity contribution < 1.29 is 4.92 Å². The number of nitro groups is 1. The number of alkyl halides is 1. The predicted octanol–water partition coefficient (Wildman–Crippen LogP) is 3.00. The summed E-state index contributed by atoms with van der Waals surface area (Å²) in [6.07, 6.45) is 6.55. The quantitative estimate of drug-likeness (QED) is 0.282. The molecule has 0 aromatic heterocycles.